The fourth-order valence-corrected chi connectivity index (χ4v) is 6.11. The van der Waals surface area contributed by atoms with Crippen molar-refractivity contribution < 1.29 is 28.5 Å². The van der Waals surface area contributed by atoms with Gasteiger partial charge in [0.1, 0.15) is 5.75 Å². The third kappa shape index (κ3) is 6.15. The van der Waals surface area contributed by atoms with Crippen LogP contribution in [0.5, 0.6) is 17.2 Å². The number of rotatable bonds is 8. The quantitative estimate of drug-likeness (QED) is 0.201. The molecule has 1 aromatic heterocycles. The number of esters is 2. The number of nitrogens with zero attached hydrogens (tertiary/aromatic N) is 2. The monoisotopic (exact) mass is 676 g/mol. The van der Waals surface area contributed by atoms with Crippen LogP contribution in [-0.2, 0) is 14.3 Å². The van der Waals surface area contributed by atoms with Crippen LogP contribution in [0.15, 0.2) is 57.5 Å². The zero-order chi connectivity index (χ0) is 29.1. The molecular formula is C29H29IN2O7S. The van der Waals surface area contributed by atoms with Gasteiger partial charge >= 0.3 is 11.9 Å². The van der Waals surface area contributed by atoms with Gasteiger partial charge in [0, 0.05) is 6.92 Å². The molecule has 0 amide bonds. The zero-order valence-electron chi connectivity index (χ0n) is 22.9. The van der Waals surface area contributed by atoms with Crippen molar-refractivity contribution in [2.45, 2.75) is 46.8 Å². The van der Waals surface area contributed by atoms with Gasteiger partial charge in [0.05, 0.1) is 45.2 Å². The molecule has 0 saturated carbocycles. The lowest BCUT2D eigenvalue weighted by molar-refractivity contribution is -0.139. The van der Waals surface area contributed by atoms with E-state index < -0.39 is 18.0 Å². The number of carbonyl (C=O) groups is 2. The molecule has 0 aliphatic carbocycles. The second kappa shape index (κ2) is 12.4. The second-order valence-corrected chi connectivity index (χ2v) is 11.3. The molecule has 11 heteroatoms. The lowest BCUT2D eigenvalue weighted by Crippen LogP contribution is -2.39. The van der Waals surface area contributed by atoms with Gasteiger partial charge < -0.3 is 18.9 Å². The fourth-order valence-electron chi connectivity index (χ4n) is 4.33. The van der Waals surface area contributed by atoms with E-state index in [0.717, 1.165) is 5.56 Å². The van der Waals surface area contributed by atoms with E-state index in [4.69, 9.17) is 18.9 Å². The first-order valence-electron chi connectivity index (χ1n) is 12.6. The molecule has 4 rings (SSSR count). The number of thiazole rings is 1. The number of aromatic nitrogens is 1. The van der Waals surface area contributed by atoms with Crippen molar-refractivity contribution in [3.8, 4) is 17.2 Å². The van der Waals surface area contributed by atoms with Crippen molar-refractivity contribution in [1.29, 1.82) is 0 Å². The van der Waals surface area contributed by atoms with Crippen LogP contribution in [0.3, 0.4) is 0 Å². The number of halogens is 1. The van der Waals surface area contributed by atoms with Gasteiger partial charge in [-0.05, 0) is 91.8 Å². The van der Waals surface area contributed by atoms with E-state index in [9.17, 15) is 14.4 Å². The Hall–Kier alpha value is -3.45. The van der Waals surface area contributed by atoms with Gasteiger partial charge in [-0.25, -0.2) is 9.79 Å². The summed E-state index contributed by atoms with van der Waals surface area (Å²) >= 11 is 3.27. The molecule has 1 aliphatic heterocycles. The number of methoxy groups -OCH3 is 1. The van der Waals surface area contributed by atoms with Crippen LogP contribution < -0.4 is 29.1 Å². The predicted octanol–water partition coefficient (Wildman–Crippen LogP) is 4.12. The highest BCUT2D eigenvalue weighted by molar-refractivity contribution is 14.1. The van der Waals surface area contributed by atoms with E-state index in [1.165, 1.54) is 29.9 Å². The Balaban J connectivity index is 1.88. The Labute approximate surface area is 248 Å². The van der Waals surface area contributed by atoms with E-state index in [1.807, 2.05) is 38.1 Å². The first-order valence-corrected chi connectivity index (χ1v) is 14.5. The number of fused-ring (bicyclic) bond motifs is 1. The number of carbonyl (C=O) groups excluding carboxylic acids is 2. The predicted molar refractivity (Wildman–Crippen MR) is 160 cm³/mol. The summed E-state index contributed by atoms with van der Waals surface area (Å²) in [4.78, 5) is 43.6. The highest BCUT2D eigenvalue weighted by Gasteiger charge is 2.33. The number of ether oxygens (including phenoxy) is 4. The molecule has 0 unspecified atom stereocenters. The van der Waals surface area contributed by atoms with Gasteiger partial charge in [0.25, 0.3) is 5.56 Å². The lowest BCUT2D eigenvalue weighted by Gasteiger charge is -2.25. The molecule has 0 spiro atoms. The largest absolute Gasteiger partial charge is 0.493 e. The van der Waals surface area contributed by atoms with Crippen LogP contribution in [0.2, 0.25) is 0 Å². The summed E-state index contributed by atoms with van der Waals surface area (Å²) in [6.07, 6.45) is 1.73. The maximum absolute atomic E-state index is 13.9. The molecule has 2 aromatic carbocycles. The van der Waals surface area contributed by atoms with Gasteiger partial charge in [-0.3, -0.25) is 14.2 Å². The van der Waals surface area contributed by atoms with Gasteiger partial charge in [0.15, 0.2) is 16.3 Å². The molecule has 0 bridgehead atoms. The molecule has 1 aliphatic rings. The van der Waals surface area contributed by atoms with Crippen molar-refractivity contribution in [1.82, 2.24) is 4.57 Å². The molecule has 2 heterocycles. The maximum atomic E-state index is 13.9. The summed E-state index contributed by atoms with van der Waals surface area (Å²) in [5.41, 5.74) is 1.89. The van der Waals surface area contributed by atoms with Crippen LogP contribution in [0, 0.1) is 3.57 Å². The van der Waals surface area contributed by atoms with Gasteiger partial charge in [-0.2, -0.15) is 0 Å². The molecule has 0 fully saturated rings. The van der Waals surface area contributed by atoms with Gasteiger partial charge in [-0.1, -0.05) is 23.5 Å². The van der Waals surface area contributed by atoms with Gasteiger partial charge in [0.2, 0.25) is 0 Å². The summed E-state index contributed by atoms with van der Waals surface area (Å²) in [7, 11) is 1.48. The SMILES string of the molecule is CCOC(=O)C1=C(C)N=c2s/c(=C\c3cc(I)c(OC(C)=O)c(OC)c3)c(=O)n2[C@@H]1c1ccc(OC(C)C)cc1. The average molecular weight is 677 g/mol. The topological polar surface area (TPSA) is 105 Å². The smallest absolute Gasteiger partial charge is 0.338 e. The molecule has 1 atom stereocenters. The highest BCUT2D eigenvalue weighted by Crippen LogP contribution is 2.35. The van der Waals surface area contributed by atoms with Gasteiger partial charge in [-0.15, -0.1) is 0 Å². The second-order valence-electron chi connectivity index (χ2n) is 9.17. The van der Waals surface area contributed by atoms with E-state index in [1.54, 1.807) is 32.1 Å². The fraction of sp³-hybridized carbons (Fsp3) is 0.310. The minimum Gasteiger partial charge on any atom is -0.493 e. The summed E-state index contributed by atoms with van der Waals surface area (Å²) in [5.74, 6) is 0.377. The molecule has 40 heavy (non-hydrogen) atoms. The zero-order valence-corrected chi connectivity index (χ0v) is 25.9. The molecule has 3 aromatic rings. The Morgan fingerprint density at radius 2 is 1.90 bits per heavy atom. The van der Waals surface area contributed by atoms with Crippen molar-refractivity contribution in [2.75, 3.05) is 13.7 Å². The minimum absolute atomic E-state index is 0.00512. The van der Waals surface area contributed by atoms with Crippen LogP contribution in [-0.4, -0.2) is 36.3 Å². The standard InChI is InChI=1S/C29H29IN2O7S/c1-7-37-28(35)24-16(4)31-29-32(25(24)19-8-10-20(11-9-19)38-15(2)3)27(34)23(40-29)14-18-12-21(30)26(39-17(5)33)22(13-18)36-6/h8-15,25H,7H2,1-6H3/b23-14-/t25-/m1/s1. The Morgan fingerprint density at radius 3 is 2.50 bits per heavy atom. The average Bonchev–Trinajstić information content (AvgIpc) is 3.18. The molecule has 0 saturated heterocycles. The van der Waals surface area contributed by atoms with E-state index >= 15 is 0 Å². The van der Waals surface area contributed by atoms with Crippen molar-refractivity contribution >= 4 is 51.9 Å². The summed E-state index contributed by atoms with van der Waals surface area (Å²) in [5, 5.41) is 0. The van der Waals surface area contributed by atoms with Crippen LogP contribution in [0.25, 0.3) is 6.08 Å². The maximum Gasteiger partial charge on any atom is 0.338 e. The highest BCUT2D eigenvalue weighted by atomic mass is 127. The van der Waals surface area contributed by atoms with Crippen molar-refractivity contribution in [3.05, 3.63) is 82.1 Å². The number of hydrogen-bond acceptors (Lipinski definition) is 9. The normalized spacial score (nSPS) is 15.0. The summed E-state index contributed by atoms with van der Waals surface area (Å²) in [6.45, 7) is 8.87. The van der Waals surface area contributed by atoms with Crippen molar-refractivity contribution in [2.24, 2.45) is 4.99 Å². The van der Waals surface area contributed by atoms with Crippen LogP contribution >= 0.6 is 33.9 Å². The molecule has 0 radical (unpaired) electrons. The lowest BCUT2D eigenvalue weighted by atomic mass is 9.96. The summed E-state index contributed by atoms with van der Waals surface area (Å²) < 4.78 is 24.5. The minimum atomic E-state index is -0.730. The third-order valence-corrected chi connectivity index (χ3v) is 7.66. The number of allylic oxidation sites excluding steroid dienone is 1. The Bertz CT molecular complexity index is 1670. The van der Waals surface area contributed by atoms with Crippen molar-refractivity contribution in [3.63, 3.8) is 0 Å². The first-order chi connectivity index (χ1) is 19.0. The van der Waals surface area contributed by atoms with E-state index in [2.05, 4.69) is 27.6 Å². The summed E-state index contributed by atoms with van der Waals surface area (Å²) in [6, 6.07) is 10.1. The Kier molecular flexibility index (Phi) is 9.14. The Morgan fingerprint density at radius 1 is 1.20 bits per heavy atom. The van der Waals surface area contributed by atoms with E-state index in [0.29, 0.717) is 47.0 Å². The molecular weight excluding hydrogens is 647 g/mol. The molecule has 0 N–H and O–H groups in total. The number of hydrogen-bond donors (Lipinski definition) is 0. The number of benzene rings is 2. The third-order valence-electron chi connectivity index (χ3n) is 5.88. The molecule has 9 nitrogen and oxygen atoms in total. The van der Waals surface area contributed by atoms with Crippen LogP contribution in [0.1, 0.15) is 51.8 Å². The van der Waals surface area contributed by atoms with Crippen LogP contribution in [0.4, 0.5) is 0 Å². The first kappa shape index (κ1) is 29.5. The molecule has 210 valence electrons. The van der Waals surface area contributed by atoms with E-state index in [-0.39, 0.29) is 18.3 Å².